The third-order valence-electron chi connectivity index (χ3n) is 4.30. The maximum atomic E-state index is 3.62. The van der Waals surface area contributed by atoms with E-state index in [0.29, 0.717) is 5.92 Å². The molecular formula is C20H36N2. The van der Waals surface area contributed by atoms with Gasteiger partial charge in [0.05, 0.1) is 0 Å². The molecule has 0 aliphatic carbocycles. The molecule has 1 N–H and O–H groups in total. The molecule has 0 heterocycles. The van der Waals surface area contributed by atoms with Crippen molar-refractivity contribution in [3.63, 3.8) is 0 Å². The van der Waals surface area contributed by atoms with E-state index in [1.807, 2.05) is 0 Å². The second-order valence-corrected chi connectivity index (χ2v) is 6.42. The van der Waals surface area contributed by atoms with Crippen molar-refractivity contribution in [1.82, 2.24) is 10.2 Å². The van der Waals surface area contributed by atoms with Gasteiger partial charge in [0.15, 0.2) is 0 Å². The van der Waals surface area contributed by atoms with Crippen LogP contribution in [0.2, 0.25) is 0 Å². The normalized spacial score (nSPS) is 12.7. The number of unbranched alkanes of at least 4 members (excludes halogenated alkanes) is 2. The fourth-order valence-electron chi connectivity index (χ4n) is 2.74. The minimum Gasteiger partial charge on any atom is -0.316 e. The topological polar surface area (TPSA) is 15.3 Å². The first-order valence-corrected chi connectivity index (χ1v) is 9.25. The summed E-state index contributed by atoms with van der Waals surface area (Å²) >= 11 is 0. The van der Waals surface area contributed by atoms with E-state index in [4.69, 9.17) is 0 Å². The van der Waals surface area contributed by atoms with Crippen LogP contribution in [0.3, 0.4) is 0 Å². The average Bonchev–Trinajstić information content (AvgIpc) is 2.56. The predicted octanol–water partition coefficient (Wildman–Crippen LogP) is 4.67. The lowest BCUT2D eigenvalue weighted by atomic mass is 10.0. The van der Waals surface area contributed by atoms with Gasteiger partial charge in [0, 0.05) is 6.54 Å². The smallest absolute Gasteiger partial charge is 0.00174 e. The van der Waals surface area contributed by atoms with Crippen LogP contribution in [0.1, 0.15) is 64.4 Å². The summed E-state index contributed by atoms with van der Waals surface area (Å²) in [6.45, 7) is 12.9. The second-order valence-electron chi connectivity index (χ2n) is 6.42. The summed E-state index contributed by atoms with van der Waals surface area (Å²) in [6.07, 6.45) is 6.53. The maximum absolute atomic E-state index is 3.62. The summed E-state index contributed by atoms with van der Waals surface area (Å²) < 4.78 is 0. The Morgan fingerprint density at radius 3 is 2.09 bits per heavy atom. The number of hydrogen-bond acceptors (Lipinski definition) is 2. The minimum atomic E-state index is 0.595. The highest BCUT2D eigenvalue weighted by atomic mass is 15.1. The van der Waals surface area contributed by atoms with E-state index in [9.17, 15) is 0 Å². The molecule has 22 heavy (non-hydrogen) atoms. The highest BCUT2D eigenvalue weighted by Gasteiger charge is 2.05. The van der Waals surface area contributed by atoms with Crippen LogP contribution in [0.25, 0.3) is 0 Å². The van der Waals surface area contributed by atoms with Crippen LogP contribution in [0, 0.1) is 0 Å². The van der Waals surface area contributed by atoms with Crippen molar-refractivity contribution in [3.05, 3.63) is 35.9 Å². The zero-order chi connectivity index (χ0) is 16.0. The van der Waals surface area contributed by atoms with Crippen LogP contribution in [0.15, 0.2) is 30.3 Å². The van der Waals surface area contributed by atoms with Crippen LogP contribution in [-0.2, 0) is 0 Å². The van der Waals surface area contributed by atoms with Crippen LogP contribution < -0.4 is 5.32 Å². The summed E-state index contributed by atoms with van der Waals surface area (Å²) in [7, 11) is 0. The molecule has 2 nitrogen and oxygen atoms in total. The lowest BCUT2D eigenvalue weighted by molar-refractivity contribution is 0.261. The van der Waals surface area contributed by atoms with Crippen molar-refractivity contribution in [3.8, 4) is 0 Å². The zero-order valence-electron chi connectivity index (χ0n) is 15.0. The monoisotopic (exact) mass is 304 g/mol. The van der Waals surface area contributed by atoms with Crippen molar-refractivity contribution in [1.29, 1.82) is 0 Å². The van der Waals surface area contributed by atoms with Crippen molar-refractivity contribution in [2.75, 3.05) is 32.7 Å². The van der Waals surface area contributed by atoms with Gasteiger partial charge in [-0.05, 0) is 56.9 Å². The van der Waals surface area contributed by atoms with E-state index in [1.54, 1.807) is 0 Å². The lowest BCUT2D eigenvalue weighted by Crippen LogP contribution is -2.30. The Kier molecular flexibility index (Phi) is 11.0. The Morgan fingerprint density at radius 1 is 0.909 bits per heavy atom. The van der Waals surface area contributed by atoms with Crippen molar-refractivity contribution >= 4 is 0 Å². The highest BCUT2D eigenvalue weighted by Crippen LogP contribution is 2.12. The molecule has 2 heteroatoms. The van der Waals surface area contributed by atoms with Gasteiger partial charge in [-0.2, -0.15) is 0 Å². The molecule has 1 atom stereocenters. The quantitative estimate of drug-likeness (QED) is 0.533. The van der Waals surface area contributed by atoms with Crippen molar-refractivity contribution in [2.24, 2.45) is 0 Å². The first-order valence-electron chi connectivity index (χ1n) is 9.25. The second kappa shape index (κ2) is 12.7. The molecule has 1 unspecified atom stereocenters. The fraction of sp³-hybridized carbons (Fsp3) is 0.700. The Bertz CT molecular complexity index is 342. The SMILES string of the molecule is CCCCN(CCCC)CCCNCC(C)c1ccccc1. The fourth-order valence-corrected chi connectivity index (χ4v) is 2.74. The van der Waals surface area contributed by atoms with E-state index in [-0.39, 0.29) is 0 Å². The Balaban J connectivity index is 2.14. The highest BCUT2D eigenvalue weighted by molar-refractivity contribution is 5.18. The Hall–Kier alpha value is -0.860. The summed E-state index contributed by atoms with van der Waals surface area (Å²) in [4.78, 5) is 2.65. The van der Waals surface area contributed by atoms with Gasteiger partial charge < -0.3 is 10.2 Å². The van der Waals surface area contributed by atoms with Gasteiger partial charge in [-0.1, -0.05) is 63.9 Å². The van der Waals surface area contributed by atoms with Crippen LogP contribution in [-0.4, -0.2) is 37.6 Å². The van der Waals surface area contributed by atoms with E-state index in [2.05, 4.69) is 61.3 Å². The Labute approximate surface area is 138 Å². The minimum absolute atomic E-state index is 0.595. The first kappa shape index (κ1) is 19.2. The van der Waals surface area contributed by atoms with E-state index >= 15 is 0 Å². The molecule has 1 rings (SSSR count). The van der Waals surface area contributed by atoms with Crippen LogP contribution >= 0.6 is 0 Å². The lowest BCUT2D eigenvalue weighted by Gasteiger charge is -2.22. The summed E-state index contributed by atoms with van der Waals surface area (Å²) in [5.74, 6) is 0.595. The molecule has 0 aliphatic heterocycles. The number of benzene rings is 1. The zero-order valence-corrected chi connectivity index (χ0v) is 15.0. The van der Waals surface area contributed by atoms with E-state index in [1.165, 1.54) is 57.3 Å². The molecule has 0 spiro atoms. The first-order chi connectivity index (χ1) is 10.8. The van der Waals surface area contributed by atoms with E-state index in [0.717, 1.165) is 13.1 Å². The molecule has 126 valence electrons. The number of nitrogens with zero attached hydrogens (tertiary/aromatic N) is 1. The summed E-state index contributed by atoms with van der Waals surface area (Å²) in [6, 6.07) is 10.8. The summed E-state index contributed by atoms with van der Waals surface area (Å²) in [5.41, 5.74) is 1.43. The van der Waals surface area contributed by atoms with Gasteiger partial charge in [0.1, 0.15) is 0 Å². The largest absolute Gasteiger partial charge is 0.316 e. The maximum Gasteiger partial charge on any atom is 0.00174 e. The third-order valence-corrected chi connectivity index (χ3v) is 4.30. The average molecular weight is 305 g/mol. The molecular weight excluding hydrogens is 268 g/mol. The molecule has 0 fully saturated rings. The molecule has 1 aromatic carbocycles. The molecule has 0 radical (unpaired) electrons. The molecule has 0 saturated carbocycles. The third kappa shape index (κ3) is 8.55. The van der Waals surface area contributed by atoms with Gasteiger partial charge >= 0.3 is 0 Å². The molecule has 0 saturated heterocycles. The molecule has 0 aromatic heterocycles. The Morgan fingerprint density at radius 2 is 1.50 bits per heavy atom. The van der Waals surface area contributed by atoms with Gasteiger partial charge in [0.2, 0.25) is 0 Å². The molecule has 1 aromatic rings. The van der Waals surface area contributed by atoms with Crippen LogP contribution in [0.5, 0.6) is 0 Å². The van der Waals surface area contributed by atoms with Crippen LogP contribution in [0.4, 0.5) is 0 Å². The molecule has 0 bridgehead atoms. The standard InChI is InChI=1S/C20H36N2/c1-4-6-15-22(16-7-5-2)17-11-14-21-18-19(3)20-12-9-8-10-13-20/h8-10,12-13,19,21H,4-7,11,14-18H2,1-3H3. The van der Waals surface area contributed by atoms with Gasteiger partial charge in [-0.25, -0.2) is 0 Å². The number of rotatable bonds is 13. The van der Waals surface area contributed by atoms with Gasteiger partial charge in [-0.3, -0.25) is 0 Å². The van der Waals surface area contributed by atoms with E-state index < -0.39 is 0 Å². The van der Waals surface area contributed by atoms with Crippen molar-refractivity contribution < 1.29 is 0 Å². The number of nitrogens with one attached hydrogen (secondary N) is 1. The predicted molar refractivity (Wildman–Crippen MR) is 98.6 cm³/mol. The van der Waals surface area contributed by atoms with Crippen molar-refractivity contribution in [2.45, 2.75) is 58.8 Å². The van der Waals surface area contributed by atoms with Gasteiger partial charge in [-0.15, -0.1) is 0 Å². The number of hydrogen-bond donors (Lipinski definition) is 1. The molecule has 0 amide bonds. The summed E-state index contributed by atoms with van der Waals surface area (Å²) in [5, 5.41) is 3.62. The molecule has 0 aliphatic rings. The van der Waals surface area contributed by atoms with Gasteiger partial charge in [0.25, 0.3) is 0 Å².